The van der Waals surface area contributed by atoms with Crippen molar-refractivity contribution in [3.63, 3.8) is 0 Å². The second-order valence-electron chi connectivity index (χ2n) is 23.1. The maximum atomic E-state index is 13.2. The first-order chi connectivity index (χ1) is 29.9. The normalized spacial score (nSPS) is 53.5. The highest BCUT2D eigenvalue weighted by Crippen LogP contribution is 2.76. The van der Waals surface area contributed by atoms with Crippen LogP contribution in [0.2, 0.25) is 0 Å². The first kappa shape index (κ1) is 49.0. The summed E-state index contributed by atoms with van der Waals surface area (Å²) in [6.07, 6.45) is -11.8. The maximum absolute atomic E-state index is 13.2. The number of hydrogen-bond donors (Lipinski definition) is 10. The molecule has 0 aromatic rings. The lowest BCUT2D eigenvalue weighted by atomic mass is 9.33. The molecule has 8 rings (SSSR count). The molecule has 64 heavy (non-hydrogen) atoms. The third-order valence-corrected chi connectivity index (χ3v) is 19.0. The van der Waals surface area contributed by atoms with E-state index in [-0.39, 0.29) is 40.1 Å². The second-order valence-corrected chi connectivity index (χ2v) is 23.1. The minimum Gasteiger partial charge on any atom is -0.481 e. The second kappa shape index (κ2) is 17.2. The molecule has 3 aliphatic heterocycles. The Bertz CT molecular complexity index is 1740. The predicted molar refractivity (Wildman–Crippen MR) is 225 cm³/mol. The fraction of sp³-hybridized carbons (Fsp3) is 0.936. The molecule has 7 fully saturated rings. The molecule has 0 aromatic heterocycles. The summed E-state index contributed by atoms with van der Waals surface area (Å²) in [6, 6.07) is 0. The van der Waals surface area contributed by atoms with Gasteiger partial charge in [-0.25, -0.2) is 0 Å². The molecule has 0 spiro atoms. The van der Waals surface area contributed by atoms with E-state index < -0.39 is 122 Å². The van der Waals surface area contributed by atoms with Gasteiger partial charge < -0.3 is 79.5 Å². The summed E-state index contributed by atoms with van der Waals surface area (Å²) in [4.78, 5) is 13.2. The predicted octanol–water partition coefficient (Wildman–Crippen LogP) is 1.35. The van der Waals surface area contributed by atoms with Gasteiger partial charge in [-0.05, 0) is 109 Å². The van der Waals surface area contributed by atoms with E-state index in [1.807, 2.05) is 0 Å². The topological polar surface area (TPSA) is 275 Å². The van der Waals surface area contributed by atoms with Crippen molar-refractivity contribution in [3.05, 3.63) is 11.6 Å². The van der Waals surface area contributed by atoms with Gasteiger partial charge in [0.2, 0.25) is 0 Å². The van der Waals surface area contributed by atoms with Crippen molar-refractivity contribution in [2.75, 3.05) is 19.8 Å². The summed E-state index contributed by atoms with van der Waals surface area (Å²) in [5, 5.41) is 106. The monoisotopic (exact) mass is 913 g/mol. The highest BCUT2D eigenvalue weighted by molar-refractivity contribution is 5.76. The standard InChI is InChI=1S/C47H76O17/c1-42(2)14-16-47(41(57)58)17-15-45(6)22(23(47)18-42)8-9-28-44(5)12-11-29(43(3,4)27(44)10-13-46(28,45)7)63-40-37(64-39-36(56)33(53)31(51)25(19-48)61-39)34(54)32(52)26(62-40)21-60-38-35(55)30(50)24(49)20-59-38/h8,23-40,48-56H,9-21H2,1-7H3,(H,57,58)/t23-,24-,25+,26+,27-,28+,29-,30-,31+,32+,33-,34-,35+,36+,37+,38-,39-,40-,44-,45+,46+,47-/m0/s1. The summed E-state index contributed by atoms with van der Waals surface area (Å²) in [5.41, 5.74) is -0.142. The Kier molecular flexibility index (Phi) is 13.2. The van der Waals surface area contributed by atoms with Crippen LogP contribution >= 0.6 is 0 Å². The van der Waals surface area contributed by atoms with Crippen molar-refractivity contribution >= 4 is 5.97 Å². The number of carboxylic acid groups (broad SMARTS) is 1. The molecule has 8 aliphatic rings. The van der Waals surface area contributed by atoms with Crippen molar-refractivity contribution in [2.24, 2.45) is 50.2 Å². The molecule has 10 N–H and O–H groups in total. The zero-order chi connectivity index (χ0) is 46.7. The Morgan fingerprint density at radius 1 is 0.703 bits per heavy atom. The first-order valence-electron chi connectivity index (χ1n) is 23.7. The van der Waals surface area contributed by atoms with Gasteiger partial charge in [0.05, 0.1) is 31.3 Å². The molecular weight excluding hydrogens is 836 g/mol. The molecule has 366 valence electrons. The molecule has 4 saturated carbocycles. The third kappa shape index (κ3) is 7.67. The fourth-order valence-corrected chi connectivity index (χ4v) is 14.8. The van der Waals surface area contributed by atoms with Crippen molar-refractivity contribution in [1.29, 1.82) is 0 Å². The summed E-state index contributed by atoms with van der Waals surface area (Å²) < 4.78 is 36.1. The van der Waals surface area contributed by atoms with Gasteiger partial charge in [-0.3, -0.25) is 4.79 Å². The van der Waals surface area contributed by atoms with Crippen LogP contribution in [-0.4, -0.2) is 169 Å². The van der Waals surface area contributed by atoms with Gasteiger partial charge in [0.25, 0.3) is 0 Å². The van der Waals surface area contributed by atoms with Crippen LogP contribution in [0.3, 0.4) is 0 Å². The van der Waals surface area contributed by atoms with Crippen LogP contribution in [0, 0.1) is 50.2 Å². The minimum absolute atomic E-state index is 0.00728. The number of hydrogen-bond acceptors (Lipinski definition) is 16. The smallest absolute Gasteiger partial charge is 0.310 e. The molecular formula is C47H76O17. The molecule has 17 nitrogen and oxygen atoms in total. The quantitative estimate of drug-likeness (QED) is 0.116. The molecule has 0 aromatic carbocycles. The van der Waals surface area contributed by atoms with Gasteiger partial charge in [0.15, 0.2) is 18.9 Å². The Balaban J connectivity index is 1.05. The number of aliphatic carboxylic acids is 1. The number of carbonyl (C=O) groups is 1. The van der Waals surface area contributed by atoms with E-state index in [2.05, 4.69) is 54.5 Å². The van der Waals surface area contributed by atoms with Crippen molar-refractivity contribution in [3.8, 4) is 0 Å². The fourth-order valence-electron chi connectivity index (χ4n) is 14.8. The molecule has 0 radical (unpaired) electrons. The molecule has 0 amide bonds. The largest absolute Gasteiger partial charge is 0.481 e. The van der Waals surface area contributed by atoms with Crippen molar-refractivity contribution < 1.29 is 84.3 Å². The van der Waals surface area contributed by atoms with E-state index >= 15 is 0 Å². The third-order valence-electron chi connectivity index (χ3n) is 19.0. The van der Waals surface area contributed by atoms with Gasteiger partial charge in [0.1, 0.15) is 67.1 Å². The Morgan fingerprint density at radius 2 is 1.36 bits per heavy atom. The van der Waals surface area contributed by atoms with E-state index in [4.69, 9.17) is 28.4 Å². The van der Waals surface area contributed by atoms with E-state index in [0.29, 0.717) is 25.2 Å². The molecule has 3 saturated heterocycles. The van der Waals surface area contributed by atoms with Gasteiger partial charge >= 0.3 is 5.97 Å². The maximum Gasteiger partial charge on any atom is 0.310 e. The number of allylic oxidation sites excluding steroid dienone is 2. The lowest BCUT2D eigenvalue weighted by molar-refractivity contribution is -0.381. The number of aliphatic hydroxyl groups excluding tert-OH is 9. The number of carboxylic acids is 1. The van der Waals surface area contributed by atoms with Crippen LogP contribution < -0.4 is 0 Å². The number of ether oxygens (including phenoxy) is 6. The minimum atomic E-state index is -1.82. The van der Waals surface area contributed by atoms with Gasteiger partial charge in [-0.15, -0.1) is 0 Å². The van der Waals surface area contributed by atoms with Crippen LogP contribution in [0.25, 0.3) is 0 Å². The Morgan fingerprint density at radius 3 is 2.05 bits per heavy atom. The number of rotatable bonds is 9. The van der Waals surface area contributed by atoms with E-state index in [0.717, 1.165) is 44.9 Å². The lowest BCUT2D eigenvalue weighted by Gasteiger charge is -2.71. The highest BCUT2D eigenvalue weighted by Gasteiger charge is 2.70. The van der Waals surface area contributed by atoms with Gasteiger partial charge in [0, 0.05) is 0 Å². The van der Waals surface area contributed by atoms with E-state index in [1.54, 1.807) is 0 Å². The van der Waals surface area contributed by atoms with Crippen molar-refractivity contribution in [2.45, 2.75) is 205 Å². The molecule has 22 atom stereocenters. The Hall–Kier alpha value is -1.39. The molecule has 0 unspecified atom stereocenters. The Labute approximate surface area is 376 Å². The van der Waals surface area contributed by atoms with E-state index in [1.165, 1.54) is 5.57 Å². The van der Waals surface area contributed by atoms with Gasteiger partial charge in [-0.2, -0.15) is 0 Å². The van der Waals surface area contributed by atoms with Crippen molar-refractivity contribution in [1.82, 2.24) is 0 Å². The SMILES string of the molecule is CC1(C)CC[C@]2(C(=O)O)CC[C@]3(C)C(=CC[C@@H]4[C@@]5(C)CC[C@H](O[C@@H]6O[C@H](CO[C@@H]7OC[C@H](O)[C@H](O)[C@H]7O)[C@@H](O)[C@H](O)[C@H]6O[C@@H]6O[C@H](CO)[C@@H](O)[C@H](O)[C@H]6O)C(C)(C)[C@@H]5CC[C@]43C)[C@@H]2C1. The molecule has 0 bridgehead atoms. The van der Waals surface area contributed by atoms with Crippen LogP contribution in [0.5, 0.6) is 0 Å². The number of fused-ring (bicyclic) bond motifs is 7. The molecule has 17 heteroatoms. The van der Waals surface area contributed by atoms with Gasteiger partial charge in [-0.1, -0.05) is 60.1 Å². The summed E-state index contributed by atoms with van der Waals surface area (Å²) >= 11 is 0. The first-order valence-corrected chi connectivity index (χ1v) is 23.7. The summed E-state index contributed by atoms with van der Waals surface area (Å²) in [7, 11) is 0. The highest BCUT2D eigenvalue weighted by atomic mass is 16.8. The van der Waals surface area contributed by atoms with E-state index in [9.17, 15) is 55.9 Å². The summed E-state index contributed by atoms with van der Waals surface area (Å²) in [5.74, 6) is -0.168. The summed E-state index contributed by atoms with van der Waals surface area (Å²) in [6.45, 7) is 14.7. The molecule has 5 aliphatic carbocycles. The van der Waals surface area contributed by atoms with Crippen LogP contribution in [0.4, 0.5) is 0 Å². The number of aliphatic hydroxyl groups is 9. The average Bonchev–Trinajstić information content (AvgIpc) is 3.23. The van der Waals surface area contributed by atoms with Crippen LogP contribution in [0.15, 0.2) is 11.6 Å². The molecule has 3 heterocycles. The zero-order valence-electron chi connectivity index (χ0n) is 38.5. The average molecular weight is 913 g/mol. The van der Waals surface area contributed by atoms with Crippen LogP contribution in [-0.2, 0) is 33.2 Å². The van der Waals surface area contributed by atoms with Crippen LogP contribution in [0.1, 0.15) is 113 Å². The lowest BCUT2D eigenvalue weighted by Crippen LogP contribution is -2.67. The zero-order valence-corrected chi connectivity index (χ0v) is 38.5.